The molecule has 2 aromatic rings. The molecule has 1 atom stereocenters. The quantitative estimate of drug-likeness (QED) is 0.579. The lowest BCUT2D eigenvalue weighted by Crippen LogP contribution is -2.40. The highest BCUT2D eigenvalue weighted by molar-refractivity contribution is 8.00. The van der Waals surface area contributed by atoms with Gasteiger partial charge in [0.05, 0.1) is 18.3 Å². The number of benzene rings is 2. The first kappa shape index (κ1) is 23.4. The molecule has 0 bridgehead atoms. The van der Waals surface area contributed by atoms with Crippen LogP contribution in [0.3, 0.4) is 0 Å². The standard InChI is InChI=1S/C26H30N2O4S/c1-2-32-26(31)22-13-15-27(16-14-22)24(30)20-8-10-21(11-9-20)25-28(23(29)18-33-25)17-12-19-6-4-3-5-7-19/h3-11,22,25H,2,12-18H2,1H3/t25-/m0/s1. The molecule has 0 spiro atoms. The van der Waals surface area contributed by atoms with Crippen LogP contribution in [0, 0.1) is 5.92 Å². The molecule has 2 amide bonds. The highest BCUT2D eigenvalue weighted by atomic mass is 32.2. The van der Waals surface area contributed by atoms with Crippen LogP contribution in [-0.4, -0.2) is 59.6 Å². The van der Waals surface area contributed by atoms with Crippen molar-refractivity contribution in [3.63, 3.8) is 0 Å². The lowest BCUT2D eigenvalue weighted by atomic mass is 9.96. The van der Waals surface area contributed by atoms with E-state index in [9.17, 15) is 14.4 Å². The summed E-state index contributed by atoms with van der Waals surface area (Å²) in [7, 11) is 0. The number of thioether (sulfide) groups is 1. The molecular weight excluding hydrogens is 436 g/mol. The second-order valence-electron chi connectivity index (χ2n) is 8.43. The van der Waals surface area contributed by atoms with E-state index in [0.29, 0.717) is 50.4 Å². The van der Waals surface area contributed by atoms with Gasteiger partial charge in [0.2, 0.25) is 5.91 Å². The van der Waals surface area contributed by atoms with Gasteiger partial charge in [0.1, 0.15) is 5.37 Å². The molecule has 0 unspecified atom stereocenters. The Morgan fingerprint density at radius 2 is 1.73 bits per heavy atom. The molecule has 2 aromatic carbocycles. The Kier molecular flexibility index (Phi) is 7.70. The highest BCUT2D eigenvalue weighted by Gasteiger charge is 2.33. The van der Waals surface area contributed by atoms with E-state index in [0.717, 1.165) is 12.0 Å². The molecular formula is C26H30N2O4S. The van der Waals surface area contributed by atoms with Crippen molar-refractivity contribution >= 4 is 29.5 Å². The second kappa shape index (κ2) is 10.9. The van der Waals surface area contributed by atoms with Crippen LogP contribution in [-0.2, 0) is 20.7 Å². The van der Waals surface area contributed by atoms with Gasteiger partial charge < -0.3 is 14.5 Å². The minimum Gasteiger partial charge on any atom is -0.466 e. The lowest BCUT2D eigenvalue weighted by molar-refractivity contribution is -0.149. The number of carbonyl (C=O) groups excluding carboxylic acids is 3. The van der Waals surface area contributed by atoms with Crippen LogP contribution < -0.4 is 0 Å². The number of esters is 1. The molecule has 2 fully saturated rings. The van der Waals surface area contributed by atoms with E-state index in [1.807, 2.05) is 59.2 Å². The first-order valence-corrected chi connectivity index (χ1v) is 12.6. The Balaban J connectivity index is 1.36. The first-order chi connectivity index (χ1) is 16.1. The van der Waals surface area contributed by atoms with E-state index in [1.54, 1.807) is 11.8 Å². The van der Waals surface area contributed by atoms with Crippen LogP contribution in [0.25, 0.3) is 0 Å². The third-order valence-corrected chi connectivity index (χ3v) is 7.55. The topological polar surface area (TPSA) is 66.9 Å². The van der Waals surface area contributed by atoms with Crippen molar-refractivity contribution in [2.45, 2.75) is 31.6 Å². The summed E-state index contributed by atoms with van der Waals surface area (Å²) in [5.41, 5.74) is 2.89. The molecule has 0 aromatic heterocycles. The maximum Gasteiger partial charge on any atom is 0.309 e. The summed E-state index contributed by atoms with van der Waals surface area (Å²) in [6.07, 6.45) is 2.10. The van der Waals surface area contributed by atoms with Gasteiger partial charge >= 0.3 is 5.97 Å². The van der Waals surface area contributed by atoms with Gasteiger partial charge in [-0.25, -0.2) is 0 Å². The van der Waals surface area contributed by atoms with Gasteiger partial charge in [0.25, 0.3) is 5.91 Å². The van der Waals surface area contributed by atoms with E-state index < -0.39 is 0 Å². The van der Waals surface area contributed by atoms with Crippen LogP contribution in [0.5, 0.6) is 0 Å². The minimum atomic E-state index is -0.158. The SMILES string of the molecule is CCOC(=O)C1CCN(C(=O)c2ccc([C@@H]3SCC(=O)N3CCc3ccccc3)cc2)CC1. The summed E-state index contributed by atoms with van der Waals surface area (Å²) in [5, 5.41) is -0.0225. The van der Waals surface area contributed by atoms with Gasteiger partial charge in [-0.2, -0.15) is 0 Å². The number of nitrogens with zero attached hydrogens (tertiary/aromatic N) is 2. The van der Waals surface area contributed by atoms with Crippen molar-refractivity contribution < 1.29 is 19.1 Å². The van der Waals surface area contributed by atoms with Crippen molar-refractivity contribution in [1.29, 1.82) is 0 Å². The molecule has 2 aliphatic rings. The summed E-state index contributed by atoms with van der Waals surface area (Å²) in [6.45, 7) is 3.99. The average molecular weight is 467 g/mol. The lowest BCUT2D eigenvalue weighted by Gasteiger charge is -2.31. The Hall–Kier alpha value is -2.80. The largest absolute Gasteiger partial charge is 0.466 e. The molecule has 0 saturated carbocycles. The molecule has 0 radical (unpaired) electrons. The van der Waals surface area contributed by atoms with Gasteiger partial charge in [-0.15, -0.1) is 11.8 Å². The Morgan fingerprint density at radius 1 is 1.03 bits per heavy atom. The van der Waals surface area contributed by atoms with Crippen LogP contribution >= 0.6 is 11.8 Å². The third-order valence-electron chi connectivity index (χ3n) is 6.30. The number of carbonyl (C=O) groups is 3. The molecule has 7 heteroatoms. The van der Waals surface area contributed by atoms with Crippen LogP contribution in [0.2, 0.25) is 0 Å². The van der Waals surface area contributed by atoms with E-state index in [4.69, 9.17) is 4.74 Å². The fourth-order valence-corrected chi connectivity index (χ4v) is 5.64. The summed E-state index contributed by atoms with van der Waals surface area (Å²) in [4.78, 5) is 41.1. The van der Waals surface area contributed by atoms with Crippen LogP contribution in [0.4, 0.5) is 0 Å². The smallest absolute Gasteiger partial charge is 0.309 e. The third kappa shape index (κ3) is 5.58. The average Bonchev–Trinajstić information content (AvgIpc) is 3.23. The predicted octanol–water partition coefficient (Wildman–Crippen LogP) is 3.92. The number of ether oxygens (including phenoxy) is 1. The number of hydrogen-bond acceptors (Lipinski definition) is 5. The van der Waals surface area contributed by atoms with E-state index in [-0.39, 0.29) is 29.1 Å². The summed E-state index contributed by atoms with van der Waals surface area (Å²) in [5.74, 6) is 0.352. The van der Waals surface area contributed by atoms with Gasteiger partial charge in [-0.05, 0) is 49.4 Å². The second-order valence-corrected chi connectivity index (χ2v) is 9.50. The molecule has 6 nitrogen and oxygen atoms in total. The number of piperidine rings is 1. The normalized spacial score (nSPS) is 19.1. The minimum absolute atomic E-state index is 0.0139. The summed E-state index contributed by atoms with van der Waals surface area (Å²) >= 11 is 1.63. The maximum absolute atomic E-state index is 13.0. The molecule has 33 heavy (non-hydrogen) atoms. The Bertz CT molecular complexity index is 972. The van der Waals surface area contributed by atoms with Crippen LogP contribution in [0.15, 0.2) is 54.6 Å². The van der Waals surface area contributed by atoms with Crippen molar-refractivity contribution in [1.82, 2.24) is 9.80 Å². The number of likely N-dealkylation sites (tertiary alicyclic amines) is 1. The zero-order valence-corrected chi connectivity index (χ0v) is 19.8. The molecule has 2 aliphatic heterocycles. The summed E-state index contributed by atoms with van der Waals surface area (Å²) in [6, 6.07) is 17.8. The zero-order valence-electron chi connectivity index (χ0n) is 18.9. The Labute approximate surface area is 199 Å². The van der Waals surface area contributed by atoms with Crippen molar-refractivity contribution in [3.8, 4) is 0 Å². The number of amides is 2. The van der Waals surface area contributed by atoms with Gasteiger partial charge in [0, 0.05) is 25.2 Å². The molecule has 174 valence electrons. The number of rotatable bonds is 7. The maximum atomic E-state index is 13.0. The molecule has 0 aliphatic carbocycles. The van der Waals surface area contributed by atoms with Crippen LogP contribution in [0.1, 0.15) is 46.6 Å². The zero-order chi connectivity index (χ0) is 23.2. The highest BCUT2D eigenvalue weighted by Crippen LogP contribution is 2.38. The molecule has 4 rings (SSSR count). The van der Waals surface area contributed by atoms with Gasteiger partial charge in [-0.3, -0.25) is 14.4 Å². The molecule has 2 saturated heterocycles. The Morgan fingerprint density at radius 3 is 2.39 bits per heavy atom. The first-order valence-electron chi connectivity index (χ1n) is 11.6. The van der Waals surface area contributed by atoms with E-state index >= 15 is 0 Å². The fourth-order valence-electron chi connectivity index (χ4n) is 4.42. The fraction of sp³-hybridized carbons (Fsp3) is 0.423. The van der Waals surface area contributed by atoms with Crippen molar-refractivity contribution in [2.24, 2.45) is 5.92 Å². The monoisotopic (exact) mass is 466 g/mol. The van der Waals surface area contributed by atoms with Gasteiger partial charge in [-0.1, -0.05) is 42.5 Å². The van der Waals surface area contributed by atoms with Crippen molar-refractivity contribution in [3.05, 3.63) is 71.3 Å². The summed E-state index contributed by atoms with van der Waals surface area (Å²) < 4.78 is 5.11. The molecule has 0 N–H and O–H groups in total. The number of hydrogen-bond donors (Lipinski definition) is 0. The van der Waals surface area contributed by atoms with Crippen molar-refractivity contribution in [2.75, 3.05) is 32.0 Å². The van der Waals surface area contributed by atoms with Gasteiger partial charge in [0.15, 0.2) is 0 Å². The van der Waals surface area contributed by atoms with E-state index in [1.165, 1.54) is 5.56 Å². The predicted molar refractivity (Wildman–Crippen MR) is 129 cm³/mol. The van der Waals surface area contributed by atoms with E-state index in [2.05, 4.69) is 12.1 Å². The molecule has 2 heterocycles.